The van der Waals surface area contributed by atoms with Gasteiger partial charge >= 0.3 is 0 Å². The number of furan rings is 1. The second-order valence-electron chi connectivity index (χ2n) is 13.7. The van der Waals surface area contributed by atoms with Crippen molar-refractivity contribution in [3.63, 3.8) is 0 Å². The van der Waals surface area contributed by atoms with E-state index in [9.17, 15) is 0 Å². The average molecular weight is 690 g/mol. The lowest BCUT2D eigenvalue weighted by Crippen LogP contribution is -2.10. The molecule has 1 aromatic heterocycles. The molecule has 0 aliphatic heterocycles. The lowest BCUT2D eigenvalue weighted by Gasteiger charge is -2.27. The molecule has 0 atom stereocenters. The molecule has 54 heavy (non-hydrogen) atoms. The highest BCUT2D eigenvalue weighted by Gasteiger charge is 2.21. The summed E-state index contributed by atoms with van der Waals surface area (Å²) in [5.74, 6) is 0. The first-order valence-electron chi connectivity index (χ1n) is 18.4. The molecule has 0 radical (unpaired) electrons. The van der Waals surface area contributed by atoms with Gasteiger partial charge in [-0.1, -0.05) is 170 Å². The van der Waals surface area contributed by atoms with E-state index >= 15 is 0 Å². The van der Waals surface area contributed by atoms with Crippen molar-refractivity contribution in [2.75, 3.05) is 4.90 Å². The highest BCUT2D eigenvalue weighted by atomic mass is 16.3. The second kappa shape index (κ2) is 13.4. The van der Waals surface area contributed by atoms with Crippen LogP contribution in [0.1, 0.15) is 0 Å². The largest absolute Gasteiger partial charge is 0.456 e. The number of fused-ring (bicyclic) bond motifs is 5. The van der Waals surface area contributed by atoms with Gasteiger partial charge in [0.2, 0.25) is 0 Å². The summed E-state index contributed by atoms with van der Waals surface area (Å²) in [6, 6.07) is 75.7. The number of hydrogen-bond donors (Lipinski definition) is 0. The monoisotopic (exact) mass is 689 g/mol. The SMILES string of the molecule is c1ccc(-c2ccc(-c3ccc(N(c4ccc(-c5ccccc5)cc4)c4cc(-c5ccccc5)c5c(c4)oc4ccc6ccccc6c45)cc3)cc2)cc1. The quantitative estimate of drug-likeness (QED) is 0.166. The molecule has 1 heterocycles. The molecule has 0 saturated heterocycles. The summed E-state index contributed by atoms with van der Waals surface area (Å²) in [5, 5.41) is 4.67. The number of anilines is 3. The highest BCUT2D eigenvalue weighted by Crippen LogP contribution is 2.45. The van der Waals surface area contributed by atoms with Crippen LogP contribution >= 0.6 is 0 Å². The molecule has 0 N–H and O–H groups in total. The fourth-order valence-electron chi connectivity index (χ4n) is 7.80. The molecule has 0 aliphatic rings. The molecule has 254 valence electrons. The van der Waals surface area contributed by atoms with E-state index < -0.39 is 0 Å². The van der Waals surface area contributed by atoms with Gasteiger partial charge in [-0.25, -0.2) is 0 Å². The third-order valence-electron chi connectivity index (χ3n) is 10.5. The van der Waals surface area contributed by atoms with Crippen molar-refractivity contribution in [3.05, 3.63) is 212 Å². The normalized spacial score (nSPS) is 11.3. The Balaban J connectivity index is 1.13. The van der Waals surface area contributed by atoms with Crippen LogP contribution in [0.15, 0.2) is 217 Å². The molecule has 0 spiro atoms. The van der Waals surface area contributed by atoms with E-state index in [0.29, 0.717) is 0 Å². The van der Waals surface area contributed by atoms with Crippen LogP contribution in [0.25, 0.3) is 77.2 Å². The van der Waals surface area contributed by atoms with Gasteiger partial charge in [0.25, 0.3) is 0 Å². The van der Waals surface area contributed by atoms with E-state index in [1.807, 2.05) is 0 Å². The Morgan fingerprint density at radius 3 is 1.28 bits per heavy atom. The van der Waals surface area contributed by atoms with Gasteiger partial charge in [0, 0.05) is 28.2 Å². The molecule has 0 amide bonds. The third-order valence-corrected chi connectivity index (χ3v) is 10.5. The van der Waals surface area contributed by atoms with Crippen molar-refractivity contribution in [3.8, 4) is 44.5 Å². The summed E-state index contributed by atoms with van der Waals surface area (Å²) in [6.45, 7) is 0. The Hall–Kier alpha value is -7.16. The van der Waals surface area contributed by atoms with E-state index in [1.54, 1.807) is 0 Å². The Kier molecular flexibility index (Phi) is 7.85. The zero-order chi connectivity index (χ0) is 35.8. The Bertz CT molecular complexity index is 2880. The van der Waals surface area contributed by atoms with Crippen LogP contribution in [0.4, 0.5) is 17.1 Å². The van der Waals surface area contributed by atoms with E-state index in [2.05, 4.69) is 217 Å². The fourth-order valence-corrected chi connectivity index (χ4v) is 7.80. The van der Waals surface area contributed by atoms with Crippen LogP contribution in [-0.4, -0.2) is 0 Å². The first-order chi connectivity index (χ1) is 26.8. The summed E-state index contributed by atoms with van der Waals surface area (Å²) in [7, 11) is 0. The molecule has 0 fully saturated rings. The van der Waals surface area contributed by atoms with Gasteiger partial charge in [0.15, 0.2) is 0 Å². The van der Waals surface area contributed by atoms with E-state index in [-0.39, 0.29) is 0 Å². The lowest BCUT2D eigenvalue weighted by atomic mass is 9.95. The van der Waals surface area contributed by atoms with Crippen LogP contribution in [0.2, 0.25) is 0 Å². The number of benzene rings is 9. The number of hydrogen-bond acceptors (Lipinski definition) is 2. The zero-order valence-corrected chi connectivity index (χ0v) is 29.6. The molecule has 0 saturated carbocycles. The van der Waals surface area contributed by atoms with Gasteiger partial charge in [-0.15, -0.1) is 0 Å². The van der Waals surface area contributed by atoms with E-state index in [4.69, 9.17) is 4.42 Å². The molecular formula is C52H35NO. The molecule has 0 unspecified atom stereocenters. The summed E-state index contributed by atoms with van der Waals surface area (Å²) >= 11 is 0. The van der Waals surface area contributed by atoms with Crippen molar-refractivity contribution in [1.82, 2.24) is 0 Å². The predicted octanol–water partition coefficient (Wildman–Crippen LogP) is 14.9. The number of rotatable bonds is 7. The topological polar surface area (TPSA) is 16.4 Å². The summed E-state index contributed by atoms with van der Waals surface area (Å²) in [4.78, 5) is 2.34. The van der Waals surface area contributed by atoms with Gasteiger partial charge in [-0.3, -0.25) is 0 Å². The second-order valence-corrected chi connectivity index (χ2v) is 13.7. The molecule has 10 aromatic rings. The zero-order valence-electron chi connectivity index (χ0n) is 29.6. The minimum atomic E-state index is 0.860. The van der Waals surface area contributed by atoms with Gasteiger partial charge < -0.3 is 9.32 Å². The smallest absolute Gasteiger partial charge is 0.138 e. The summed E-state index contributed by atoms with van der Waals surface area (Å²) in [6.07, 6.45) is 0. The first-order valence-corrected chi connectivity index (χ1v) is 18.4. The Morgan fingerprint density at radius 1 is 0.296 bits per heavy atom. The molecule has 9 aromatic carbocycles. The van der Waals surface area contributed by atoms with Crippen molar-refractivity contribution in [1.29, 1.82) is 0 Å². The van der Waals surface area contributed by atoms with Gasteiger partial charge in [0.05, 0.1) is 5.69 Å². The lowest BCUT2D eigenvalue weighted by molar-refractivity contribution is 0.669. The average Bonchev–Trinajstić information content (AvgIpc) is 3.64. The molecule has 2 heteroatoms. The van der Waals surface area contributed by atoms with Gasteiger partial charge in [0.1, 0.15) is 11.2 Å². The standard InChI is InChI=1S/C52H35NO/c1-4-12-36(13-5-1)38-20-22-39(23-21-38)41-26-31-45(32-27-41)53(44-29-24-40(25-30-44)37-14-6-2-7-15-37)46-34-48(42-16-8-3-9-17-42)52-50(35-46)54-49-33-28-43-18-10-11-19-47(43)51(49)52/h1-35H. The van der Waals surface area contributed by atoms with Crippen LogP contribution in [0.3, 0.4) is 0 Å². The Morgan fingerprint density at radius 2 is 0.741 bits per heavy atom. The van der Waals surface area contributed by atoms with Crippen molar-refractivity contribution in [2.45, 2.75) is 0 Å². The molecule has 0 bridgehead atoms. The predicted molar refractivity (Wildman–Crippen MR) is 228 cm³/mol. The van der Waals surface area contributed by atoms with Gasteiger partial charge in [-0.2, -0.15) is 0 Å². The maximum Gasteiger partial charge on any atom is 0.138 e. The van der Waals surface area contributed by atoms with E-state index in [1.165, 1.54) is 44.2 Å². The molecule has 10 rings (SSSR count). The molecule has 0 aliphatic carbocycles. The van der Waals surface area contributed by atoms with Crippen LogP contribution < -0.4 is 4.90 Å². The molecular weight excluding hydrogens is 655 g/mol. The Labute approximate surface area is 314 Å². The minimum Gasteiger partial charge on any atom is -0.456 e. The summed E-state index contributed by atoms with van der Waals surface area (Å²) in [5.41, 5.74) is 14.3. The van der Waals surface area contributed by atoms with Crippen molar-refractivity contribution in [2.24, 2.45) is 0 Å². The number of nitrogens with zero attached hydrogens (tertiary/aromatic N) is 1. The van der Waals surface area contributed by atoms with Crippen LogP contribution in [0.5, 0.6) is 0 Å². The fraction of sp³-hybridized carbons (Fsp3) is 0. The summed E-state index contributed by atoms with van der Waals surface area (Å²) < 4.78 is 6.75. The maximum atomic E-state index is 6.75. The van der Waals surface area contributed by atoms with Crippen LogP contribution in [-0.2, 0) is 0 Å². The minimum absolute atomic E-state index is 0.860. The third kappa shape index (κ3) is 5.71. The maximum absolute atomic E-state index is 6.75. The van der Waals surface area contributed by atoms with E-state index in [0.717, 1.165) is 50.1 Å². The van der Waals surface area contributed by atoms with Crippen molar-refractivity contribution < 1.29 is 4.42 Å². The van der Waals surface area contributed by atoms with Crippen LogP contribution in [0, 0.1) is 0 Å². The van der Waals surface area contributed by atoms with Crippen molar-refractivity contribution >= 4 is 49.8 Å². The first kappa shape index (κ1) is 31.6. The molecule has 2 nitrogen and oxygen atoms in total. The van der Waals surface area contributed by atoms with Gasteiger partial charge in [-0.05, 0) is 91.7 Å². The highest BCUT2D eigenvalue weighted by molar-refractivity contribution is 6.23.